The van der Waals surface area contributed by atoms with Gasteiger partial charge in [-0.05, 0) is 56.6 Å². The van der Waals surface area contributed by atoms with Crippen molar-refractivity contribution < 1.29 is 19.1 Å². The van der Waals surface area contributed by atoms with Gasteiger partial charge in [-0.25, -0.2) is 0 Å². The van der Waals surface area contributed by atoms with Crippen molar-refractivity contribution in [3.8, 4) is 0 Å². The normalized spacial score (nSPS) is 21.1. The molecule has 0 aliphatic carbocycles. The summed E-state index contributed by atoms with van der Waals surface area (Å²) < 4.78 is 4.86. The molecule has 1 aromatic heterocycles. The van der Waals surface area contributed by atoms with Crippen LogP contribution in [0.3, 0.4) is 0 Å². The average molecular weight is 443 g/mol. The molecule has 2 amide bonds. The second-order valence-electron chi connectivity index (χ2n) is 9.34. The summed E-state index contributed by atoms with van der Waals surface area (Å²) in [5.41, 5.74) is 1.47. The van der Waals surface area contributed by atoms with Crippen molar-refractivity contribution in [1.82, 2.24) is 14.8 Å². The Labute approximate surface area is 189 Å². The zero-order chi connectivity index (χ0) is 22.6. The van der Waals surface area contributed by atoms with Gasteiger partial charge in [0, 0.05) is 63.3 Å². The minimum atomic E-state index is -0.479. The fourth-order valence-corrected chi connectivity index (χ4v) is 5.41. The molecule has 8 nitrogen and oxygen atoms in total. The van der Waals surface area contributed by atoms with Crippen LogP contribution < -0.4 is 4.90 Å². The summed E-state index contributed by atoms with van der Waals surface area (Å²) in [6.45, 7) is 6.82. The maximum Gasteiger partial charge on any atom is 0.315 e. The maximum atomic E-state index is 13.2. The Morgan fingerprint density at radius 3 is 2.31 bits per heavy atom. The lowest BCUT2D eigenvalue weighted by Gasteiger charge is -2.40. The monoisotopic (exact) mass is 442 g/mol. The van der Waals surface area contributed by atoms with E-state index in [0.29, 0.717) is 25.9 Å². The van der Waals surface area contributed by atoms with Crippen molar-refractivity contribution in [2.75, 3.05) is 50.8 Å². The van der Waals surface area contributed by atoms with Gasteiger partial charge in [-0.3, -0.25) is 19.4 Å². The maximum absolute atomic E-state index is 13.2. The van der Waals surface area contributed by atoms with Gasteiger partial charge in [-0.2, -0.15) is 0 Å². The number of piperidine rings is 2. The quantitative estimate of drug-likeness (QED) is 0.513. The number of hydrogen-bond donors (Lipinski definition) is 0. The minimum Gasteiger partial charge on any atom is -0.466 e. The molecule has 0 bridgehead atoms. The Kier molecular flexibility index (Phi) is 6.96. The molecule has 3 saturated heterocycles. The molecule has 0 aromatic carbocycles. The molecule has 3 aliphatic rings. The zero-order valence-electron chi connectivity index (χ0n) is 19.0. The van der Waals surface area contributed by atoms with Gasteiger partial charge in [0.2, 0.25) is 11.8 Å². The Balaban J connectivity index is 1.23. The van der Waals surface area contributed by atoms with Gasteiger partial charge in [0.25, 0.3) is 0 Å². The van der Waals surface area contributed by atoms with E-state index in [1.807, 2.05) is 12.4 Å². The van der Waals surface area contributed by atoms with Gasteiger partial charge in [0.05, 0.1) is 6.61 Å². The van der Waals surface area contributed by atoms with Crippen LogP contribution in [-0.4, -0.2) is 78.4 Å². The average Bonchev–Trinajstić information content (AvgIpc) is 3.23. The van der Waals surface area contributed by atoms with E-state index in [0.717, 1.165) is 45.4 Å². The molecule has 8 heteroatoms. The molecule has 0 saturated carbocycles. The molecule has 0 radical (unpaired) electrons. The standard InChI is InChI=1S/C24H34N4O4/c1-2-32-22(30)17-21(29)27-12-5-19(6-13-27)23(31)28-16-9-24(18-28)7-14-26(15-8-24)20-3-10-25-11-4-20/h3-4,10-11,19H,2,5-9,12-18H2,1H3. The van der Waals surface area contributed by atoms with Crippen LogP contribution in [0.5, 0.6) is 0 Å². The molecule has 32 heavy (non-hydrogen) atoms. The summed E-state index contributed by atoms with van der Waals surface area (Å²) in [6, 6.07) is 4.12. The molecule has 4 heterocycles. The number of aromatic nitrogens is 1. The molecule has 0 unspecified atom stereocenters. The number of esters is 1. The Hall–Kier alpha value is -2.64. The Morgan fingerprint density at radius 1 is 1.00 bits per heavy atom. The summed E-state index contributed by atoms with van der Waals surface area (Å²) in [5, 5.41) is 0. The van der Waals surface area contributed by atoms with Crippen LogP contribution in [0.4, 0.5) is 5.69 Å². The van der Waals surface area contributed by atoms with E-state index in [2.05, 4.69) is 26.9 Å². The number of hydrogen-bond acceptors (Lipinski definition) is 6. The number of likely N-dealkylation sites (tertiary alicyclic amines) is 2. The van der Waals surface area contributed by atoms with Gasteiger partial charge in [0.1, 0.15) is 6.42 Å². The summed E-state index contributed by atoms with van der Waals surface area (Å²) >= 11 is 0. The first-order chi connectivity index (χ1) is 15.5. The van der Waals surface area contributed by atoms with E-state index in [1.54, 1.807) is 11.8 Å². The molecule has 0 atom stereocenters. The highest BCUT2D eigenvalue weighted by atomic mass is 16.5. The minimum absolute atomic E-state index is 0.0197. The predicted octanol–water partition coefficient (Wildman–Crippen LogP) is 2.09. The van der Waals surface area contributed by atoms with Crippen molar-refractivity contribution in [2.24, 2.45) is 11.3 Å². The number of rotatable bonds is 5. The van der Waals surface area contributed by atoms with Gasteiger partial charge in [-0.1, -0.05) is 0 Å². The molecule has 0 N–H and O–H groups in total. The van der Waals surface area contributed by atoms with Crippen molar-refractivity contribution >= 4 is 23.5 Å². The Morgan fingerprint density at radius 2 is 1.66 bits per heavy atom. The predicted molar refractivity (Wildman–Crippen MR) is 120 cm³/mol. The van der Waals surface area contributed by atoms with Crippen LogP contribution >= 0.6 is 0 Å². The van der Waals surface area contributed by atoms with Crippen LogP contribution in [0, 0.1) is 11.3 Å². The lowest BCUT2D eigenvalue weighted by molar-refractivity contribution is -0.150. The third kappa shape index (κ3) is 5.05. The largest absolute Gasteiger partial charge is 0.466 e. The number of ether oxygens (including phenoxy) is 1. The number of amides is 2. The van der Waals surface area contributed by atoms with Gasteiger partial charge >= 0.3 is 5.97 Å². The topological polar surface area (TPSA) is 83.0 Å². The van der Waals surface area contributed by atoms with E-state index in [4.69, 9.17) is 4.74 Å². The van der Waals surface area contributed by atoms with E-state index < -0.39 is 5.97 Å². The van der Waals surface area contributed by atoms with E-state index in [-0.39, 0.29) is 36.2 Å². The summed E-state index contributed by atoms with van der Waals surface area (Å²) in [4.78, 5) is 47.3. The summed E-state index contributed by atoms with van der Waals surface area (Å²) in [7, 11) is 0. The van der Waals surface area contributed by atoms with E-state index in [9.17, 15) is 14.4 Å². The SMILES string of the molecule is CCOC(=O)CC(=O)N1CCC(C(=O)N2CCC3(CCN(c4ccncc4)CC3)C2)CC1. The molecular weight excluding hydrogens is 408 g/mol. The summed E-state index contributed by atoms with van der Waals surface area (Å²) in [6.07, 6.45) is 8.12. The highest BCUT2D eigenvalue weighted by Gasteiger charge is 2.43. The molecule has 4 rings (SSSR count). The van der Waals surface area contributed by atoms with Crippen molar-refractivity contribution in [2.45, 2.75) is 45.4 Å². The molecule has 3 fully saturated rings. The van der Waals surface area contributed by atoms with E-state index >= 15 is 0 Å². The molecule has 1 aromatic rings. The van der Waals surface area contributed by atoms with Crippen molar-refractivity contribution in [3.63, 3.8) is 0 Å². The summed E-state index contributed by atoms with van der Waals surface area (Å²) in [5.74, 6) is -0.451. The van der Waals surface area contributed by atoms with Crippen LogP contribution in [0.25, 0.3) is 0 Å². The first-order valence-electron chi connectivity index (χ1n) is 11.9. The number of pyridine rings is 1. The van der Waals surface area contributed by atoms with Gasteiger partial charge in [0.15, 0.2) is 0 Å². The molecule has 1 spiro atoms. The van der Waals surface area contributed by atoms with Crippen molar-refractivity contribution in [1.29, 1.82) is 0 Å². The third-order valence-electron chi connectivity index (χ3n) is 7.40. The zero-order valence-corrected chi connectivity index (χ0v) is 19.0. The first-order valence-corrected chi connectivity index (χ1v) is 11.9. The second-order valence-corrected chi connectivity index (χ2v) is 9.34. The van der Waals surface area contributed by atoms with Gasteiger partial charge in [-0.15, -0.1) is 0 Å². The van der Waals surface area contributed by atoms with Crippen molar-refractivity contribution in [3.05, 3.63) is 24.5 Å². The second kappa shape index (κ2) is 9.88. The van der Waals surface area contributed by atoms with Crippen LogP contribution in [0.1, 0.15) is 45.4 Å². The molecule has 3 aliphatic heterocycles. The first kappa shape index (κ1) is 22.6. The number of carbonyl (C=O) groups is 3. The number of carbonyl (C=O) groups excluding carboxylic acids is 3. The van der Waals surface area contributed by atoms with Gasteiger partial charge < -0.3 is 19.4 Å². The highest BCUT2D eigenvalue weighted by molar-refractivity contribution is 5.94. The fourth-order valence-electron chi connectivity index (χ4n) is 5.41. The Bertz CT molecular complexity index is 815. The van der Waals surface area contributed by atoms with Crippen LogP contribution in [0.2, 0.25) is 0 Å². The third-order valence-corrected chi connectivity index (χ3v) is 7.40. The number of nitrogens with zero attached hydrogens (tertiary/aromatic N) is 4. The lowest BCUT2D eigenvalue weighted by Crippen LogP contribution is -2.46. The van der Waals surface area contributed by atoms with E-state index in [1.165, 1.54) is 5.69 Å². The molecular formula is C24H34N4O4. The lowest BCUT2D eigenvalue weighted by atomic mass is 9.77. The fraction of sp³-hybridized carbons (Fsp3) is 0.667. The van der Waals surface area contributed by atoms with Crippen LogP contribution in [0.15, 0.2) is 24.5 Å². The highest BCUT2D eigenvalue weighted by Crippen LogP contribution is 2.42. The molecule has 174 valence electrons. The number of anilines is 1. The van der Waals surface area contributed by atoms with Crippen LogP contribution in [-0.2, 0) is 19.1 Å². The smallest absolute Gasteiger partial charge is 0.315 e.